The lowest BCUT2D eigenvalue weighted by Gasteiger charge is -2.20. The second-order valence-electron chi connectivity index (χ2n) is 5.16. The largest absolute Gasteiger partial charge is 0.377 e. The number of alkyl halides is 1. The van der Waals surface area contributed by atoms with Gasteiger partial charge in [-0.05, 0) is 19.3 Å². The van der Waals surface area contributed by atoms with E-state index in [1.165, 1.54) is 38.5 Å². The minimum Gasteiger partial charge on any atom is -0.377 e. The van der Waals surface area contributed by atoms with Gasteiger partial charge in [-0.15, -0.1) is 0 Å². The zero-order valence-corrected chi connectivity index (χ0v) is 17.1. The average Bonchev–Trinajstić information content (AvgIpc) is 2.46. The number of rotatable bonds is 15. The lowest BCUT2D eigenvalue weighted by Crippen LogP contribution is -2.27. The second-order valence-corrected chi connectivity index (χ2v) is 10.2. The van der Waals surface area contributed by atoms with Crippen molar-refractivity contribution in [2.24, 2.45) is 0 Å². The van der Waals surface area contributed by atoms with Crippen molar-refractivity contribution in [3.8, 4) is 0 Å². The summed E-state index contributed by atoms with van der Waals surface area (Å²) in [5.41, 5.74) is 0. The normalized spacial score (nSPS) is 13.7. The minimum absolute atomic E-state index is 0.418. The van der Waals surface area contributed by atoms with Gasteiger partial charge in [0.25, 0.3) is 6.48 Å². The smallest absolute Gasteiger partial charge is 0.261 e. The molecule has 0 aromatic rings. The van der Waals surface area contributed by atoms with E-state index in [1.54, 1.807) is 0 Å². The van der Waals surface area contributed by atoms with E-state index in [9.17, 15) is 0 Å². The van der Waals surface area contributed by atoms with Crippen molar-refractivity contribution >= 4 is 32.4 Å². The molecule has 0 aromatic heterocycles. The molecule has 0 fully saturated rings. The van der Waals surface area contributed by atoms with Crippen LogP contribution in [0.3, 0.4) is 0 Å². The van der Waals surface area contributed by atoms with Crippen molar-refractivity contribution < 1.29 is 13.9 Å². The molecule has 0 aliphatic heterocycles. The lowest BCUT2D eigenvalue weighted by molar-refractivity contribution is -0.247. The Morgan fingerprint density at radius 2 is 1.45 bits per heavy atom. The van der Waals surface area contributed by atoms with E-state index in [0.717, 1.165) is 12.8 Å². The molecular formula is C15H33IO3Si. The van der Waals surface area contributed by atoms with Crippen LogP contribution in [0.5, 0.6) is 0 Å². The molecular weight excluding hydrogens is 383 g/mol. The first-order valence-corrected chi connectivity index (χ1v) is 10.9. The number of hydrogen-bond donors (Lipinski definition) is 0. The summed E-state index contributed by atoms with van der Waals surface area (Å²) in [5, 5.41) is 0. The Hall–Kier alpha value is 0.827. The van der Waals surface area contributed by atoms with Crippen LogP contribution in [-0.2, 0) is 13.9 Å². The first-order chi connectivity index (χ1) is 9.74. The van der Waals surface area contributed by atoms with Crippen LogP contribution in [0, 0.1) is 0 Å². The van der Waals surface area contributed by atoms with Crippen LogP contribution in [0.1, 0.15) is 72.1 Å². The molecule has 0 radical (unpaired) electrons. The molecule has 0 spiro atoms. The van der Waals surface area contributed by atoms with E-state index < -0.39 is 16.2 Å². The third-order valence-corrected chi connectivity index (χ3v) is 5.89. The summed E-state index contributed by atoms with van der Waals surface area (Å²) >= 11 is 2.54. The molecule has 0 aromatic carbocycles. The number of halogens is 1. The summed E-state index contributed by atoms with van der Waals surface area (Å²) in [6, 6.07) is 0. The lowest BCUT2D eigenvalue weighted by atomic mass is 10.1. The van der Waals surface area contributed by atoms with Gasteiger partial charge in [0.1, 0.15) is 0 Å². The maximum Gasteiger partial charge on any atom is 0.261 e. The zero-order chi connectivity index (χ0) is 15.1. The Bertz CT molecular complexity index is 188. The SMILES string of the molecule is CCCCCCCC(I)[SiH2]OC(OCCC)OCCC. The van der Waals surface area contributed by atoms with Crippen LogP contribution < -0.4 is 0 Å². The summed E-state index contributed by atoms with van der Waals surface area (Å²) in [6.45, 7) is 7.47. The molecule has 0 heterocycles. The summed E-state index contributed by atoms with van der Waals surface area (Å²) in [5.74, 6) is 0. The zero-order valence-electron chi connectivity index (χ0n) is 13.5. The van der Waals surface area contributed by atoms with Gasteiger partial charge in [0.2, 0.25) is 0 Å². The van der Waals surface area contributed by atoms with Gasteiger partial charge in [0, 0.05) is 3.55 Å². The van der Waals surface area contributed by atoms with Crippen molar-refractivity contribution in [3.63, 3.8) is 0 Å². The van der Waals surface area contributed by atoms with E-state index in [-0.39, 0.29) is 0 Å². The van der Waals surface area contributed by atoms with Crippen LogP contribution in [0.4, 0.5) is 0 Å². The Kier molecular flexibility index (Phi) is 16.9. The fourth-order valence-corrected chi connectivity index (χ4v) is 3.89. The van der Waals surface area contributed by atoms with E-state index in [2.05, 4.69) is 43.4 Å². The van der Waals surface area contributed by atoms with Crippen molar-refractivity contribution in [2.75, 3.05) is 13.2 Å². The van der Waals surface area contributed by atoms with Gasteiger partial charge in [-0.3, -0.25) is 0 Å². The van der Waals surface area contributed by atoms with E-state index in [0.29, 0.717) is 16.8 Å². The Morgan fingerprint density at radius 1 is 0.850 bits per heavy atom. The Balaban J connectivity index is 3.65. The maximum absolute atomic E-state index is 5.87. The molecule has 0 saturated carbocycles. The van der Waals surface area contributed by atoms with Gasteiger partial charge in [0.05, 0.1) is 13.2 Å². The van der Waals surface area contributed by atoms with Crippen LogP contribution >= 0.6 is 22.6 Å². The van der Waals surface area contributed by atoms with Gasteiger partial charge >= 0.3 is 0 Å². The van der Waals surface area contributed by atoms with Crippen molar-refractivity contribution in [2.45, 2.75) is 82.2 Å². The topological polar surface area (TPSA) is 27.7 Å². The monoisotopic (exact) mass is 416 g/mol. The van der Waals surface area contributed by atoms with Gasteiger partial charge in [-0.25, -0.2) is 0 Å². The molecule has 1 unspecified atom stereocenters. The van der Waals surface area contributed by atoms with Gasteiger partial charge in [-0.1, -0.05) is 75.5 Å². The first kappa shape index (κ1) is 20.8. The van der Waals surface area contributed by atoms with Crippen LogP contribution in [-0.4, -0.2) is 33.0 Å². The minimum atomic E-state index is -0.570. The van der Waals surface area contributed by atoms with Crippen LogP contribution in [0.15, 0.2) is 0 Å². The molecule has 5 heteroatoms. The summed E-state index contributed by atoms with van der Waals surface area (Å²) in [4.78, 5) is 0. The van der Waals surface area contributed by atoms with Crippen molar-refractivity contribution in [3.05, 3.63) is 0 Å². The summed E-state index contributed by atoms with van der Waals surface area (Å²) in [6.07, 6.45) is 10.1. The molecule has 0 amide bonds. The fourth-order valence-electron chi connectivity index (χ4n) is 1.81. The van der Waals surface area contributed by atoms with Crippen LogP contribution in [0.2, 0.25) is 0 Å². The highest BCUT2D eigenvalue weighted by Crippen LogP contribution is 2.13. The molecule has 0 N–H and O–H groups in total. The molecule has 20 heavy (non-hydrogen) atoms. The third-order valence-electron chi connectivity index (χ3n) is 2.95. The van der Waals surface area contributed by atoms with E-state index in [1.807, 2.05) is 0 Å². The Morgan fingerprint density at radius 3 is 2.00 bits per heavy atom. The predicted molar refractivity (Wildman–Crippen MR) is 97.1 cm³/mol. The highest BCUT2D eigenvalue weighted by Gasteiger charge is 2.13. The first-order valence-electron chi connectivity index (χ1n) is 8.23. The molecule has 1 atom stereocenters. The van der Waals surface area contributed by atoms with Gasteiger partial charge < -0.3 is 13.9 Å². The Labute approximate surface area is 141 Å². The van der Waals surface area contributed by atoms with Crippen molar-refractivity contribution in [1.29, 1.82) is 0 Å². The van der Waals surface area contributed by atoms with E-state index >= 15 is 0 Å². The molecule has 122 valence electrons. The molecule has 3 nitrogen and oxygen atoms in total. The second kappa shape index (κ2) is 16.2. The highest BCUT2D eigenvalue weighted by atomic mass is 127. The van der Waals surface area contributed by atoms with E-state index in [4.69, 9.17) is 13.9 Å². The highest BCUT2D eigenvalue weighted by molar-refractivity contribution is 14.1. The van der Waals surface area contributed by atoms with Crippen LogP contribution in [0.25, 0.3) is 0 Å². The standard InChI is InChI=1S/C15H33IO3Si/c1-4-7-8-9-10-11-14(16)20-19-15(17-12-5-2)18-13-6-3/h14-15H,4-13,20H2,1-3H3. The molecule has 0 bridgehead atoms. The fraction of sp³-hybridized carbons (Fsp3) is 1.00. The number of ether oxygens (including phenoxy) is 2. The van der Waals surface area contributed by atoms with Gasteiger partial charge in [-0.2, -0.15) is 0 Å². The summed E-state index contributed by atoms with van der Waals surface area (Å²) < 4.78 is 17.7. The third kappa shape index (κ3) is 13.8. The molecule has 0 aliphatic rings. The predicted octanol–water partition coefficient (Wildman–Crippen LogP) is 4.35. The number of hydrogen-bond acceptors (Lipinski definition) is 3. The number of unbranched alkanes of at least 4 members (excludes halogenated alkanes) is 4. The quantitative estimate of drug-likeness (QED) is 0.131. The average molecular weight is 416 g/mol. The van der Waals surface area contributed by atoms with Crippen molar-refractivity contribution in [1.82, 2.24) is 0 Å². The maximum atomic E-state index is 5.87. The summed E-state index contributed by atoms with van der Waals surface area (Å²) in [7, 11) is -0.570. The van der Waals surface area contributed by atoms with Gasteiger partial charge in [0.15, 0.2) is 9.76 Å². The molecule has 0 saturated heterocycles. The molecule has 0 aliphatic carbocycles. The molecule has 0 rings (SSSR count).